The molecule has 24 heavy (non-hydrogen) atoms. The molecule has 0 saturated heterocycles. The first kappa shape index (κ1) is 17.5. The molecule has 6 heteroatoms. The van der Waals surface area contributed by atoms with Crippen LogP contribution >= 0.6 is 0 Å². The van der Waals surface area contributed by atoms with Crippen molar-refractivity contribution in [3.8, 4) is 0 Å². The number of amides is 1. The Labute approximate surface area is 140 Å². The van der Waals surface area contributed by atoms with Crippen molar-refractivity contribution < 1.29 is 19.4 Å². The molecule has 3 N–H and O–H groups in total. The van der Waals surface area contributed by atoms with Gasteiger partial charge in [0.1, 0.15) is 12.6 Å². The maximum Gasteiger partial charge on any atom is 0.408 e. The highest BCUT2D eigenvalue weighted by molar-refractivity contribution is 5.80. The van der Waals surface area contributed by atoms with E-state index >= 15 is 0 Å². The highest BCUT2D eigenvalue weighted by atomic mass is 16.5. The van der Waals surface area contributed by atoms with Crippen LogP contribution in [0.5, 0.6) is 0 Å². The van der Waals surface area contributed by atoms with Crippen LogP contribution in [0.15, 0.2) is 60.7 Å². The molecule has 2 aromatic rings. The molecule has 1 amide bonds. The first-order valence-corrected chi connectivity index (χ1v) is 7.60. The Balaban J connectivity index is 1.75. The fraction of sp³-hybridized carbons (Fsp3) is 0.222. The lowest BCUT2D eigenvalue weighted by atomic mass is 10.2. The van der Waals surface area contributed by atoms with Crippen molar-refractivity contribution in [2.45, 2.75) is 19.2 Å². The molecule has 0 spiro atoms. The molecule has 0 heterocycles. The second-order valence-corrected chi connectivity index (χ2v) is 5.21. The molecule has 0 bridgehead atoms. The molecule has 0 saturated carbocycles. The van der Waals surface area contributed by atoms with Crippen LogP contribution < -0.4 is 10.6 Å². The fourth-order valence-corrected chi connectivity index (χ4v) is 2.06. The van der Waals surface area contributed by atoms with Gasteiger partial charge in [0.25, 0.3) is 0 Å². The lowest BCUT2D eigenvalue weighted by molar-refractivity contribution is -0.139. The van der Waals surface area contributed by atoms with E-state index in [1.54, 1.807) is 0 Å². The number of carboxylic acid groups (broad SMARTS) is 1. The summed E-state index contributed by atoms with van der Waals surface area (Å²) in [4.78, 5) is 23.0. The Morgan fingerprint density at radius 1 is 0.958 bits per heavy atom. The summed E-state index contributed by atoms with van der Waals surface area (Å²) in [6.07, 6.45) is -0.757. The average Bonchev–Trinajstić information content (AvgIpc) is 2.61. The van der Waals surface area contributed by atoms with Crippen LogP contribution in [0.1, 0.15) is 11.1 Å². The summed E-state index contributed by atoms with van der Waals surface area (Å²) in [5, 5.41) is 14.6. The highest BCUT2D eigenvalue weighted by Gasteiger charge is 2.20. The minimum Gasteiger partial charge on any atom is -0.480 e. The Morgan fingerprint density at radius 3 is 2.12 bits per heavy atom. The lowest BCUT2D eigenvalue weighted by Gasteiger charge is -2.15. The average molecular weight is 328 g/mol. The molecule has 0 radical (unpaired) electrons. The molecule has 0 aliphatic heterocycles. The number of rotatable bonds is 8. The second kappa shape index (κ2) is 9.32. The molecule has 0 fully saturated rings. The monoisotopic (exact) mass is 328 g/mol. The van der Waals surface area contributed by atoms with Gasteiger partial charge in [-0.3, -0.25) is 0 Å². The zero-order chi connectivity index (χ0) is 17.2. The first-order chi connectivity index (χ1) is 11.6. The van der Waals surface area contributed by atoms with Crippen LogP contribution in [-0.4, -0.2) is 29.8 Å². The predicted octanol–water partition coefficient (Wildman–Crippen LogP) is 2.16. The quantitative estimate of drug-likeness (QED) is 0.691. The maximum atomic E-state index is 11.7. The van der Waals surface area contributed by atoms with Crippen molar-refractivity contribution >= 4 is 12.1 Å². The van der Waals surface area contributed by atoms with Crippen LogP contribution in [0.2, 0.25) is 0 Å². The van der Waals surface area contributed by atoms with Gasteiger partial charge in [-0.15, -0.1) is 0 Å². The summed E-state index contributed by atoms with van der Waals surface area (Å²) in [6.45, 7) is 0.715. The smallest absolute Gasteiger partial charge is 0.408 e. The van der Waals surface area contributed by atoms with E-state index in [9.17, 15) is 14.7 Å². The number of hydrogen-bond acceptors (Lipinski definition) is 4. The van der Waals surface area contributed by atoms with E-state index in [-0.39, 0.29) is 13.2 Å². The summed E-state index contributed by atoms with van der Waals surface area (Å²) in [5.41, 5.74) is 1.87. The maximum absolute atomic E-state index is 11.7. The van der Waals surface area contributed by atoms with Gasteiger partial charge in [0.05, 0.1) is 0 Å². The van der Waals surface area contributed by atoms with Crippen LogP contribution in [0.4, 0.5) is 4.79 Å². The van der Waals surface area contributed by atoms with Crippen LogP contribution in [0.25, 0.3) is 0 Å². The minimum absolute atomic E-state index is 0.0937. The van der Waals surface area contributed by atoms with Gasteiger partial charge in [-0.05, 0) is 11.1 Å². The SMILES string of the molecule is O=C(NC(CNCc1ccccc1)C(=O)O)OCc1ccccc1. The molecule has 1 atom stereocenters. The van der Waals surface area contributed by atoms with E-state index < -0.39 is 18.1 Å². The Morgan fingerprint density at radius 2 is 1.54 bits per heavy atom. The largest absolute Gasteiger partial charge is 0.480 e. The number of nitrogens with one attached hydrogen (secondary N) is 2. The summed E-state index contributed by atoms with van der Waals surface area (Å²) < 4.78 is 5.03. The molecule has 2 aromatic carbocycles. The van der Waals surface area contributed by atoms with E-state index in [4.69, 9.17) is 4.74 Å². The van der Waals surface area contributed by atoms with Crippen molar-refractivity contribution in [1.82, 2.24) is 10.6 Å². The number of carbonyl (C=O) groups excluding carboxylic acids is 1. The van der Waals surface area contributed by atoms with Crippen LogP contribution in [-0.2, 0) is 22.7 Å². The van der Waals surface area contributed by atoms with Gasteiger partial charge in [0.2, 0.25) is 0 Å². The molecular weight excluding hydrogens is 308 g/mol. The summed E-state index contributed by atoms with van der Waals surface area (Å²) in [6, 6.07) is 17.7. The van der Waals surface area contributed by atoms with Gasteiger partial charge in [0, 0.05) is 13.1 Å². The predicted molar refractivity (Wildman–Crippen MR) is 89.3 cm³/mol. The normalized spacial score (nSPS) is 11.5. The van der Waals surface area contributed by atoms with Gasteiger partial charge in [0.15, 0.2) is 0 Å². The highest BCUT2D eigenvalue weighted by Crippen LogP contribution is 2.01. The summed E-state index contributed by atoms with van der Waals surface area (Å²) in [7, 11) is 0. The molecule has 126 valence electrons. The second-order valence-electron chi connectivity index (χ2n) is 5.21. The number of hydrogen-bond donors (Lipinski definition) is 3. The third-order valence-electron chi connectivity index (χ3n) is 3.32. The number of aliphatic carboxylic acids is 1. The first-order valence-electron chi connectivity index (χ1n) is 7.60. The number of alkyl carbamates (subject to hydrolysis) is 1. The van der Waals surface area contributed by atoms with E-state index in [1.165, 1.54) is 0 Å². The molecule has 1 unspecified atom stereocenters. The number of carbonyl (C=O) groups is 2. The fourth-order valence-electron chi connectivity index (χ4n) is 2.06. The minimum atomic E-state index is -1.12. The summed E-state index contributed by atoms with van der Waals surface area (Å²) >= 11 is 0. The zero-order valence-corrected chi connectivity index (χ0v) is 13.1. The standard InChI is InChI=1S/C18H20N2O4/c21-17(22)16(12-19-11-14-7-3-1-4-8-14)20-18(23)24-13-15-9-5-2-6-10-15/h1-10,16,19H,11-13H2,(H,20,23)(H,21,22). The van der Waals surface area contributed by atoms with Crippen molar-refractivity contribution in [3.05, 3.63) is 71.8 Å². The molecule has 2 rings (SSSR count). The van der Waals surface area contributed by atoms with Gasteiger partial charge in [-0.1, -0.05) is 60.7 Å². The van der Waals surface area contributed by atoms with Crippen molar-refractivity contribution in [2.75, 3.05) is 6.54 Å². The van der Waals surface area contributed by atoms with Gasteiger partial charge < -0.3 is 20.5 Å². The van der Waals surface area contributed by atoms with E-state index in [0.717, 1.165) is 11.1 Å². The third kappa shape index (κ3) is 6.10. The number of ether oxygens (including phenoxy) is 1. The van der Waals surface area contributed by atoms with E-state index in [0.29, 0.717) is 6.54 Å². The van der Waals surface area contributed by atoms with Gasteiger partial charge in [-0.25, -0.2) is 9.59 Å². The lowest BCUT2D eigenvalue weighted by Crippen LogP contribution is -2.47. The van der Waals surface area contributed by atoms with Gasteiger partial charge in [-0.2, -0.15) is 0 Å². The van der Waals surface area contributed by atoms with Gasteiger partial charge >= 0.3 is 12.1 Å². The van der Waals surface area contributed by atoms with E-state index in [1.807, 2.05) is 60.7 Å². The Bertz CT molecular complexity index is 647. The van der Waals surface area contributed by atoms with Crippen LogP contribution in [0.3, 0.4) is 0 Å². The molecular formula is C18H20N2O4. The van der Waals surface area contributed by atoms with Crippen molar-refractivity contribution in [2.24, 2.45) is 0 Å². The Kier molecular flexibility index (Phi) is 6.79. The third-order valence-corrected chi connectivity index (χ3v) is 3.32. The van der Waals surface area contributed by atoms with Crippen molar-refractivity contribution in [3.63, 3.8) is 0 Å². The number of benzene rings is 2. The zero-order valence-electron chi connectivity index (χ0n) is 13.1. The molecule has 0 aliphatic carbocycles. The molecule has 0 aromatic heterocycles. The Hall–Kier alpha value is -2.86. The summed E-state index contributed by atoms with van der Waals surface area (Å²) in [5.74, 6) is -1.12. The number of carboxylic acids is 1. The topological polar surface area (TPSA) is 87.7 Å². The van der Waals surface area contributed by atoms with Crippen LogP contribution in [0, 0.1) is 0 Å². The van der Waals surface area contributed by atoms with E-state index in [2.05, 4.69) is 10.6 Å². The molecule has 0 aliphatic rings. The van der Waals surface area contributed by atoms with Crippen molar-refractivity contribution in [1.29, 1.82) is 0 Å². The molecule has 6 nitrogen and oxygen atoms in total.